The predicted molar refractivity (Wildman–Crippen MR) is 140 cm³/mol. The molecule has 1 fully saturated rings. The lowest BCUT2D eigenvalue weighted by molar-refractivity contribution is -0.132. The van der Waals surface area contributed by atoms with Crippen LogP contribution < -0.4 is 14.4 Å². The summed E-state index contributed by atoms with van der Waals surface area (Å²) >= 11 is 0. The summed E-state index contributed by atoms with van der Waals surface area (Å²) in [6.45, 7) is 9.03. The summed E-state index contributed by atoms with van der Waals surface area (Å²) in [5.41, 5.74) is 2.59. The van der Waals surface area contributed by atoms with Gasteiger partial charge in [0, 0.05) is 11.3 Å². The van der Waals surface area contributed by atoms with Crippen molar-refractivity contribution in [3.8, 4) is 11.5 Å². The molecule has 0 spiro atoms. The fourth-order valence-corrected chi connectivity index (χ4v) is 4.29. The van der Waals surface area contributed by atoms with Crippen LogP contribution in [0.1, 0.15) is 43.5 Å². The van der Waals surface area contributed by atoms with Gasteiger partial charge < -0.3 is 14.6 Å². The Morgan fingerprint density at radius 3 is 2.28 bits per heavy atom. The van der Waals surface area contributed by atoms with Crippen LogP contribution in [0.2, 0.25) is 0 Å². The molecule has 0 aromatic heterocycles. The van der Waals surface area contributed by atoms with E-state index in [0.29, 0.717) is 47.4 Å². The van der Waals surface area contributed by atoms with Crippen LogP contribution in [-0.2, 0) is 9.59 Å². The van der Waals surface area contributed by atoms with Crippen molar-refractivity contribution >= 4 is 23.1 Å². The van der Waals surface area contributed by atoms with Crippen molar-refractivity contribution in [3.63, 3.8) is 0 Å². The minimum absolute atomic E-state index is 0.0447. The van der Waals surface area contributed by atoms with Crippen molar-refractivity contribution in [1.82, 2.24) is 0 Å². The average Bonchev–Trinajstić information content (AvgIpc) is 3.14. The standard InChI is InChI=1S/C30H31NO5/c1-5-35-24-14-11-21(12-15-24)27-26(29(33)30(34)31(27)23-9-7-6-8-10-23)28(32)22-13-16-25(20(4)17-22)36-18-19(2)3/h6-17,19,27,32H,5,18H2,1-4H3/b28-26-. The van der Waals surface area contributed by atoms with Gasteiger partial charge in [-0.2, -0.15) is 0 Å². The molecule has 1 atom stereocenters. The summed E-state index contributed by atoms with van der Waals surface area (Å²) in [7, 11) is 0. The molecule has 0 radical (unpaired) electrons. The molecule has 0 aliphatic carbocycles. The van der Waals surface area contributed by atoms with Crippen molar-refractivity contribution in [1.29, 1.82) is 0 Å². The molecule has 3 aromatic carbocycles. The number of hydrogen-bond acceptors (Lipinski definition) is 5. The van der Waals surface area contributed by atoms with E-state index >= 15 is 0 Å². The summed E-state index contributed by atoms with van der Waals surface area (Å²) < 4.78 is 11.4. The molecule has 1 saturated heterocycles. The van der Waals surface area contributed by atoms with Gasteiger partial charge in [0.2, 0.25) is 0 Å². The lowest BCUT2D eigenvalue weighted by atomic mass is 9.94. The number of rotatable bonds is 8. The highest BCUT2D eigenvalue weighted by atomic mass is 16.5. The maximum atomic E-state index is 13.3. The first-order chi connectivity index (χ1) is 17.3. The number of Topliss-reactive ketones (excluding diaryl/α,β-unsaturated/α-hetero) is 1. The van der Waals surface area contributed by atoms with Crippen LogP contribution in [0.5, 0.6) is 11.5 Å². The van der Waals surface area contributed by atoms with Crippen LogP contribution in [-0.4, -0.2) is 30.0 Å². The molecular weight excluding hydrogens is 454 g/mol. The van der Waals surface area contributed by atoms with Crippen molar-refractivity contribution in [3.05, 3.63) is 95.1 Å². The number of carbonyl (C=O) groups excluding carboxylic acids is 2. The van der Waals surface area contributed by atoms with Crippen LogP contribution >= 0.6 is 0 Å². The summed E-state index contributed by atoms with van der Waals surface area (Å²) in [6.07, 6.45) is 0. The Hall–Kier alpha value is -4.06. The molecule has 6 heteroatoms. The van der Waals surface area contributed by atoms with E-state index in [-0.39, 0.29) is 11.3 Å². The highest BCUT2D eigenvalue weighted by molar-refractivity contribution is 6.51. The Morgan fingerprint density at radius 2 is 1.67 bits per heavy atom. The van der Waals surface area contributed by atoms with E-state index in [2.05, 4.69) is 13.8 Å². The van der Waals surface area contributed by atoms with Gasteiger partial charge in [-0.1, -0.05) is 44.2 Å². The van der Waals surface area contributed by atoms with Gasteiger partial charge in [0.25, 0.3) is 11.7 Å². The molecule has 6 nitrogen and oxygen atoms in total. The maximum absolute atomic E-state index is 13.3. The molecule has 1 unspecified atom stereocenters. The highest BCUT2D eigenvalue weighted by Gasteiger charge is 2.46. The van der Waals surface area contributed by atoms with Crippen molar-refractivity contribution < 1.29 is 24.2 Å². The maximum Gasteiger partial charge on any atom is 0.300 e. The first-order valence-corrected chi connectivity index (χ1v) is 12.1. The molecule has 186 valence electrons. The molecule has 1 aliphatic rings. The SMILES string of the molecule is CCOc1ccc(C2/C(=C(/O)c3ccc(OCC(C)C)c(C)c3)C(=O)C(=O)N2c2ccccc2)cc1. The number of amides is 1. The van der Waals surface area contributed by atoms with Crippen LogP contribution in [0.3, 0.4) is 0 Å². The third-order valence-electron chi connectivity index (χ3n) is 6.01. The molecule has 1 N–H and O–H groups in total. The summed E-state index contributed by atoms with van der Waals surface area (Å²) in [6, 6.07) is 20.7. The van der Waals surface area contributed by atoms with Crippen LogP contribution in [0.15, 0.2) is 78.4 Å². The number of ketones is 1. The van der Waals surface area contributed by atoms with E-state index < -0.39 is 17.7 Å². The molecule has 3 aromatic rings. The third-order valence-corrected chi connectivity index (χ3v) is 6.01. The van der Waals surface area contributed by atoms with E-state index in [9.17, 15) is 14.7 Å². The minimum atomic E-state index is -0.791. The molecule has 1 heterocycles. The van der Waals surface area contributed by atoms with Crippen LogP contribution in [0.25, 0.3) is 5.76 Å². The second-order valence-corrected chi connectivity index (χ2v) is 9.19. The Labute approximate surface area is 211 Å². The zero-order valence-corrected chi connectivity index (χ0v) is 21.0. The zero-order valence-electron chi connectivity index (χ0n) is 21.0. The average molecular weight is 486 g/mol. The number of benzene rings is 3. The first-order valence-electron chi connectivity index (χ1n) is 12.1. The molecule has 0 saturated carbocycles. The van der Waals surface area contributed by atoms with E-state index in [4.69, 9.17) is 9.47 Å². The largest absolute Gasteiger partial charge is 0.507 e. The van der Waals surface area contributed by atoms with Gasteiger partial charge in [-0.25, -0.2) is 0 Å². The number of hydrogen-bond donors (Lipinski definition) is 1. The lowest BCUT2D eigenvalue weighted by Gasteiger charge is -2.25. The molecule has 1 aliphatic heterocycles. The second-order valence-electron chi connectivity index (χ2n) is 9.19. The van der Waals surface area contributed by atoms with Gasteiger partial charge in [-0.15, -0.1) is 0 Å². The number of ether oxygens (including phenoxy) is 2. The van der Waals surface area contributed by atoms with Crippen LogP contribution in [0, 0.1) is 12.8 Å². The Bertz CT molecular complexity index is 1280. The van der Waals surface area contributed by atoms with E-state index in [0.717, 1.165) is 5.56 Å². The Balaban J connectivity index is 1.82. The minimum Gasteiger partial charge on any atom is -0.507 e. The zero-order chi connectivity index (χ0) is 25.8. The molecular formula is C30H31NO5. The fourth-order valence-electron chi connectivity index (χ4n) is 4.29. The number of carbonyl (C=O) groups is 2. The van der Waals surface area contributed by atoms with Gasteiger partial charge in [-0.05, 0) is 73.4 Å². The summed E-state index contributed by atoms with van der Waals surface area (Å²) in [5.74, 6) is 0.145. The lowest BCUT2D eigenvalue weighted by Crippen LogP contribution is -2.29. The predicted octanol–water partition coefficient (Wildman–Crippen LogP) is 6.05. The molecule has 0 bridgehead atoms. The van der Waals surface area contributed by atoms with Crippen molar-refractivity contribution in [2.45, 2.75) is 33.7 Å². The van der Waals surface area contributed by atoms with Gasteiger partial charge in [0.05, 0.1) is 24.8 Å². The number of aryl methyl sites for hydroxylation is 1. The second kappa shape index (κ2) is 10.7. The first kappa shape index (κ1) is 25.0. The van der Waals surface area contributed by atoms with Gasteiger partial charge >= 0.3 is 0 Å². The van der Waals surface area contributed by atoms with Crippen molar-refractivity contribution in [2.75, 3.05) is 18.1 Å². The number of anilines is 1. The molecule has 4 rings (SSSR count). The van der Waals surface area contributed by atoms with E-state index in [1.807, 2.05) is 44.2 Å². The number of nitrogens with zero attached hydrogens (tertiary/aromatic N) is 1. The Kier molecular flexibility index (Phi) is 7.44. The molecule has 1 amide bonds. The third kappa shape index (κ3) is 4.98. The van der Waals surface area contributed by atoms with Crippen LogP contribution in [0.4, 0.5) is 5.69 Å². The van der Waals surface area contributed by atoms with E-state index in [1.165, 1.54) is 4.90 Å². The van der Waals surface area contributed by atoms with E-state index in [1.54, 1.807) is 42.5 Å². The topological polar surface area (TPSA) is 76.1 Å². The monoisotopic (exact) mass is 485 g/mol. The Morgan fingerprint density at radius 1 is 0.972 bits per heavy atom. The smallest absolute Gasteiger partial charge is 0.300 e. The van der Waals surface area contributed by atoms with Gasteiger partial charge in [-0.3, -0.25) is 14.5 Å². The number of para-hydroxylation sites is 1. The summed E-state index contributed by atoms with van der Waals surface area (Å²) in [5, 5.41) is 11.4. The quantitative estimate of drug-likeness (QED) is 0.239. The number of aliphatic hydroxyl groups is 1. The highest BCUT2D eigenvalue weighted by Crippen LogP contribution is 2.42. The normalized spacial score (nSPS) is 17.0. The van der Waals surface area contributed by atoms with Gasteiger partial charge in [0.1, 0.15) is 17.3 Å². The van der Waals surface area contributed by atoms with Gasteiger partial charge in [0.15, 0.2) is 0 Å². The van der Waals surface area contributed by atoms with Crippen molar-refractivity contribution in [2.24, 2.45) is 5.92 Å². The summed E-state index contributed by atoms with van der Waals surface area (Å²) in [4.78, 5) is 28.0. The number of aliphatic hydroxyl groups excluding tert-OH is 1. The molecule has 36 heavy (non-hydrogen) atoms. The fraction of sp³-hybridized carbons (Fsp3) is 0.267.